The molecule has 5 nitrogen and oxygen atoms in total. The Morgan fingerprint density at radius 3 is 2.65 bits per heavy atom. The van der Waals surface area contributed by atoms with Crippen molar-refractivity contribution in [2.24, 2.45) is 5.92 Å². The summed E-state index contributed by atoms with van der Waals surface area (Å²) >= 11 is 0. The third-order valence-electron chi connectivity index (χ3n) is 3.96. The normalized spacial score (nSPS) is 19.4. The van der Waals surface area contributed by atoms with Crippen LogP contribution >= 0.6 is 0 Å². The zero-order valence-electron chi connectivity index (χ0n) is 12.5. The summed E-state index contributed by atoms with van der Waals surface area (Å²) in [5.41, 5.74) is 0. The van der Waals surface area contributed by atoms with Crippen LogP contribution in [0.3, 0.4) is 0 Å². The highest BCUT2D eigenvalue weighted by molar-refractivity contribution is 5.67. The third-order valence-corrected chi connectivity index (χ3v) is 3.96. The van der Waals surface area contributed by atoms with Crippen LogP contribution in [0.25, 0.3) is 0 Å². The number of amides is 1. The number of alkyl carbamates (subject to hydrolysis) is 1. The van der Waals surface area contributed by atoms with E-state index in [-0.39, 0.29) is 0 Å². The van der Waals surface area contributed by atoms with Gasteiger partial charge in [-0.2, -0.15) is 0 Å². The van der Waals surface area contributed by atoms with Crippen LogP contribution < -0.4 is 5.32 Å². The lowest BCUT2D eigenvalue weighted by Gasteiger charge is -2.24. The van der Waals surface area contributed by atoms with Crippen molar-refractivity contribution in [2.75, 3.05) is 6.61 Å². The molecule has 0 aromatic heterocycles. The molecule has 1 amide bonds. The first-order valence-electron chi connectivity index (χ1n) is 7.93. The van der Waals surface area contributed by atoms with Crippen molar-refractivity contribution >= 4 is 6.09 Å². The summed E-state index contributed by atoms with van der Waals surface area (Å²) in [5, 5.41) is 21.8. The molecule has 3 N–H and O–H groups in total. The van der Waals surface area contributed by atoms with Gasteiger partial charge in [0.15, 0.2) is 6.23 Å². The van der Waals surface area contributed by atoms with Crippen LogP contribution in [0.15, 0.2) is 0 Å². The Labute approximate surface area is 121 Å². The molecule has 0 saturated heterocycles. The highest BCUT2D eigenvalue weighted by Crippen LogP contribution is 2.27. The van der Waals surface area contributed by atoms with Crippen LogP contribution in [0.5, 0.6) is 0 Å². The van der Waals surface area contributed by atoms with Gasteiger partial charge in [0.2, 0.25) is 0 Å². The first-order valence-corrected chi connectivity index (χ1v) is 7.93. The second-order valence-electron chi connectivity index (χ2n) is 5.73. The highest BCUT2D eigenvalue weighted by Gasteiger charge is 2.21. The summed E-state index contributed by atoms with van der Waals surface area (Å²) in [7, 11) is 0. The Morgan fingerprint density at radius 2 is 2.00 bits per heavy atom. The summed E-state index contributed by atoms with van der Waals surface area (Å²) in [5.74, 6) is 0.655. The number of ether oxygens (including phenoxy) is 1. The van der Waals surface area contributed by atoms with E-state index in [2.05, 4.69) is 5.32 Å². The lowest BCUT2D eigenvalue weighted by molar-refractivity contribution is -0.00992. The average Bonchev–Trinajstić information content (AvgIpc) is 2.46. The maximum absolute atomic E-state index is 11.3. The molecule has 1 fully saturated rings. The van der Waals surface area contributed by atoms with Crippen LogP contribution in [-0.2, 0) is 4.74 Å². The number of aliphatic hydroxyl groups excluding tert-OH is 2. The first kappa shape index (κ1) is 17.2. The van der Waals surface area contributed by atoms with Crippen molar-refractivity contribution in [2.45, 2.75) is 77.0 Å². The van der Waals surface area contributed by atoms with E-state index in [0.29, 0.717) is 18.9 Å². The first-order chi connectivity index (χ1) is 9.63. The summed E-state index contributed by atoms with van der Waals surface area (Å²) in [6.45, 7) is 2.35. The molecule has 2 atom stereocenters. The molecule has 0 aliphatic heterocycles. The minimum Gasteiger partial charge on any atom is -0.450 e. The molecule has 0 heterocycles. The van der Waals surface area contributed by atoms with E-state index < -0.39 is 18.4 Å². The van der Waals surface area contributed by atoms with Crippen molar-refractivity contribution in [3.63, 3.8) is 0 Å². The smallest absolute Gasteiger partial charge is 0.409 e. The Balaban J connectivity index is 2.14. The van der Waals surface area contributed by atoms with E-state index in [4.69, 9.17) is 4.74 Å². The molecule has 5 heteroatoms. The molecule has 0 bridgehead atoms. The number of rotatable bonds is 8. The fraction of sp³-hybridized carbons (Fsp3) is 0.933. The molecule has 2 unspecified atom stereocenters. The molecule has 0 aromatic rings. The maximum Gasteiger partial charge on any atom is 0.409 e. The minimum atomic E-state index is -1.24. The fourth-order valence-electron chi connectivity index (χ4n) is 2.61. The van der Waals surface area contributed by atoms with Gasteiger partial charge in [0.1, 0.15) is 0 Å². The molecular formula is C15H29NO4. The van der Waals surface area contributed by atoms with Crippen LogP contribution in [0, 0.1) is 5.92 Å². The average molecular weight is 287 g/mol. The molecule has 1 aliphatic carbocycles. The summed E-state index contributed by atoms with van der Waals surface area (Å²) in [6, 6.07) is 0. The number of hydrogen-bond acceptors (Lipinski definition) is 4. The van der Waals surface area contributed by atoms with Crippen LogP contribution in [0.4, 0.5) is 4.79 Å². The largest absolute Gasteiger partial charge is 0.450 e. The van der Waals surface area contributed by atoms with E-state index in [1.54, 1.807) is 0 Å². The minimum absolute atomic E-state index is 0.340. The van der Waals surface area contributed by atoms with Gasteiger partial charge in [0.05, 0.1) is 12.7 Å². The second kappa shape index (κ2) is 10.00. The second-order valence-corrected chi connectivity index (χ2v) is 5.73. The predicted octanol–water partition coefficient (Wildman–Crippen LogP) is 2.55. The Kier molecular flexibility index (Phi) is 8.62. The van der Waals surface area contributed by atoms with Gasteiger partial charge >= 0.3 is 6.09 Å². The topological polar surface area (TPSA) is 78.8 Å². The molecule has 0 aromatic carbocycles. The number of nitrogens with one attached hydrogen (secondary N) is 1. The zero-order valence-corrected chi connectivity index (χ0v) is 12.5. The van der Waals surface area contributed by atoms with Crippen LogP contribution in [0.2, 0.25) is 0 Å². The number of aliphatic hydroxyl groups is 2. The molecular weight excluding hydrogens is 258 g/mol. The standard InChI is InChI=1S/C15H29NO4/c1-2-3-11-20-15(19)16-14(18)13(17)10-9-12-7-5-4-6-8-12/h12-14,17-18H,2-11H2,1H3,(H,16,19). The van der Waals surface area contributed by atoms with Gasteiger partial charge < -0.3 is 14.9 Å². The van der Waals surface area contributed by atoms with Crippen molar-refractivity contribution in [1.29, 1.82) is 0 Å². The molecule has 1 aliphatic rings. The number of unbranched alkanes of at least 4 members (excludes halogenated alkanes) is 1. The highest BCUT2D eigenvalue weighted by atomic mass is 16.6. The number of hydrogen-bond donors (Lipinski definition) is 3. The third kappa shape index (κ3) is 7.10. The lowest BCUT2D eigenvalue weighted by Crippen LogP contribution is -2.43. The Morgan fingerprint density at radius 1 is 1.30 bits per heavy atom. The van der Waals surface area contributed by atoms with Crippen molar-refractivity contribution < 1.29 is 19.7 Å². The van der Waals surface area contributed by atoms with E-state index in [9.17, 15) is 15.0 Å². The molecule has 20 heavy (non-hydrogen) atoms. The quantitative estimate of drug-likeness (QED) is 0.473. The molecule has 1 rings (SSSR count). The van der Waals surface area contributed by atoms with Crippen molar-refractivity contribution in [3.05, 3.63) is 0 Å². The molecule has 1 saturated carbocycles. The van der Waals surface area contributed by atoms with Gasteiger partial charge in [-0.25, -0.2) is 4.79 Å². The summed E-state index contributed by atoms with van der Waals surface area (Å²) in [6.07, 6.45) is 6.62. The fourth-order valence-corrected chi connectivity index (χ4v) is 2.61. The van der Waals surface area contributed by atoms with E-state index in [1.807, 2.05) is 6.92 Å². The zero-order chi connectivity index (χ0) is 14.8. The lowest BCUT2D eigenvalue weighted by atomic mass is 9.85. The number of carbonyl (C=O) groups excluding carboxylic acids is 1. The van der Waals surface area contributed by atoms with Gasteiger partial charge in [-0.3, -0.25) is 5.32 Å². The van der Waals surface area contributed by atoms with Crippen molar-refractivity contribution in [3.8, 4) is 0 Å². The van der Waals surface area contributed by atoms with Gasteiger partial charge in [-0.15, -0.1) is 0 Å². The van der Waals surface area contributed by atoms with Crippen LogP contribution in [0.1, 0.15) is 64.7 Å². The summed E-state index contributed by atoms with van der Waals surface area (Å²) in [4.78, 5) is 11.3. The Bertz CT molecular complexity index is 267. The van der Waals surface area contributed by atoms with Crippen LogP contribution in [-0.4, -0.2) is 35.2 Å². The van der Waals surface area contributed by atoms with E-state index >= 15 is 0 Å². The van der Waals surface area contributed by atoms with Gasteiger partial charge in [-0.1, -0.05) is 45.4 Å². The van der Waals surface area contributed by atoms with Gasteiger partial charge in [0, 0.05) is 0 Å². The summed E-state index contributed by atoms with van der Waals surface area (Å²) < 4.78 is 4.88. The molecule has 0 radical (unpaired) electrons. The number of carbonyl (C=O) groups is 1. The molecule has 118 valence electrons. The van der Waals surface area contributed by atoms with Crippen molar-refractivity contribution in [1.82, 2.24) is 5.32 Å². The predicted molar refractivity (Wildman–Crippen MR) is 77.2 cm³/mol. The Hall–Kier alpha value is -0.810. The van der Waals surface area contributed by atoms with Gasteiger partial charge in [-0.05, 0) is 25.2 Å². The van der Waals surface area contributed by atoms with E-state index in [1.165, 1.54) is 32.1 Å². The SMILES string of the molecule is CCCCOC(=O)NC(O)C(O)CCC1CCCCC1. The van der Waals surface area contributed by atoms with Gasteiger partial charge in [0.25, 0.3) is 0 Å². The molecule has 0 spiro atoms. The monoisotopic (exact) mass is 287 g/mol. The van der Waals surface area contributed by atoms with E-state index in [0.717, 1.165) is 19.3 Å². The maximum atomic E-state index is 11.3.